The molecule has 0 unspecified atom stereocenters. The van der Waals surface area contributed by atoms with Gasteiger partial charge in [0, 0.05) is 39.9 Å². The summed E-state index contributed by atoms with van der Waals surface area (Å²) >= 11 is 0. The largest absolute Gasteiger partial charge is 0.458 e. The fraction of sp³-hybridized carbons (Fsp3) is 0. The molecular weight excluding hydrogens is 690 g/mol. The van der Waals surface area contributed by atoms with E-state index in [2.05, 4.69) is 204 Å². The van der Waals surface area contributed by atoms with E-state index in [4.69, 9.17) is 4.74 Å². The molecule has 5 heteroatoms. The zero-order valence-electron chi connectivity index (χ0n) is 30.9. The Bertz CT molecular complexity index is 3240. The van der Waals surface area contributed by atoms with Gasteiger partial charge in [-0.05, 0) is 90.6 Å². The Morgan fingerprint density at radius 1 is 0.368 bits per heavy atom. The molecule has 3 nitrogen and oxygen atoms in total. The van der Waals surface area contributed by atoms with E-state index in [1.807, 2.05) is 0 Å². The molecule has 0 saturated heterocycles. The smallest absolute Gasteiger partial charge is 0.256 e. The van der Waals surface area contributed by atoms with Crippen LogP contribution in [0, 0.1) is 0 Å². The molecule has 3 aliphatic rings. The molecule has 3 heterocycles. The van der Waals surface area contributed by atoms with Crippen LogP contribution in [0.25, 0.3) is 32.3 Å². The van der Waals surface area contributed by atoms with Gasteiger partial charge in [0.05, 0.1) is 5.69 Å². The summed E-state index contributed by atoms with van der Waals surface area (Å²) in [5.74, 6) is 1.81. The van der Waals surface area contributed by atoms with Crippen LogP contribution >= 0.6 is 0 Å². The number of hydrogen-bond acceptors (Lipinski definition) is 3. The predicted octanol–water partition coefficient (Wildman–Crippen LogP) is 9.29. The molecule has 262 valence electrons. The first kappa shape index (κ1) is 31.0. The van der Waals surface area contributed by atoms with Crippen molar-refractivity contribution < 1.29 is 4.74 Å². The Hall–Kier alpha value is -7.23. The van der Waals surface area contributed by atoms with Crippen molar-refractivity contribution in [1.82, 2.24) is 0 Å². The van der Waals surface area contributed by atoms with Gasteiger partial charge in [0.2, 0.25) is 6.71 Å². The lowest BCUT2D eigenvalue weighted by Gasteiger charge is -2.46. The zero-order valence-corrected chi connectivity index (χ0v) is 30.9. The fourth-order valence-corrected chi connectivity index (χ4v) is 10.4. The van der Waals surface area contributed by atoms with Crippen LogP contribution in [-0.4, -0.2) is 13.4 Å². The molecule has 0 N–H and O–H groups in total. The summed E-state index contributed by atoms with van der Waals surface area (Å²) in [7, 11) is 0. The van der Waals surface area contributed by atoms with Gasteiger partial charge in [-0.1, -0.05) is 157 Å². The molecule has 57 heavy (non-hydrogen) atoms. The SMILES string of the molecule is c1ccc(B2c3ccccc3N(c3ccc4ccc5cccc6ccc3c4c56)c3cc4c5c(c32)N(c2ccccc2)c2ccccc2B5c2ccccc2O4)cc1. The van der Waals surface area contributed by atoms with Crippen molar-refractivity contribution in [2.24, 2.45) is 0 Å². The average Bonchev–Trinajstić information content (AvgIpc) is 3.28. The van der Waals surface area contributed by atoms with E-state index in [0.29, 0.717) is 0 Å². The van der Waals surface area contributed by atoms with E-state index in [-0.39, 0.29) is 13.4 Å². The number of benzene rings is 10. The van der Waals surface area contributed by atoms with Crippen molar-refractivity contribution >= 4 is 113 Å². The molecule has 0 saturated carbocycles. The van der Waals surface area contributed by atoms with Gasteiger partial charge in [0.15, 0.2) is 0 Å². The maximum atomic E-state index is 7.13. The van der Waals surface area contributed by atoms with E-state index in [1.165, 1.54) is 82.2 Å². The van der Waals surface area contributed by atoms with E-state index in [9.17, 15) is 0 Å². The Balaban J connectivity index is 1.21. The van der Waals surface area contributed by atoms with Gasteiger partial charge >= 0.3 is 0 Å². The minimum Gasteiger partial charge on any atom is -0.458 e. The van der Waals surface area contributed by atoms with E-state index in [0.717, 1.165) is 28.6 Å². The number of ether oxygens (including phenoxy) is 1. The van der Waals surface area contributed by atoms with Gasteiger partial charge in [-0.3, -0.25) is 0 Å². The summed E-state index contributed by atoms with van der Waals surface area (Å²) in [6.07, 6.45) is 0. The van der Waals surface area contributed by atoms with Gasteiger partial charge in [0.1, 0.15) is 11.5 Å². The maximum absolute atomic E-state index is 7.13. The first-order valence-corrected chi connectivity index (χ1v) is 19.8. The molecule has 0 amide bonds. The molecular formula is C52H32B2N2O. The number of rotatable bonds is 3. The van der Waals surface area contributed by atoms with Crippen molar-refractivity contribution in [3.63, 3.8) is 0 Å². The van der Waals surface area contributed by atoms with Gasteiger partial charge in [-0.2, -0.15) is 0 Å². The van der Waals surface area contributed by atoms with Crippen LogP contribution in [0.15, 0.2) is 194 Å². The first-order valence-electron chi connectivity index (χ1n) is 19.8. The van der Waals surface area contributed by atoms with Gasteiger partial charge in [0.25, 0.3) is 6.71 Å². The summed E-state index contributed by atoms with van der Waals surface area (Å²) in [6, 6.07) is 71.5. The summed E-state index contributed by atoms with van der Waals surface area (Å²) in [4.78, 5) is 5.06. The summed E-state index contributed by atoms with van der Waals surface area (Å²) in [6.45, 7) is -0.0546. The van der Waals surface area contributed by atoms with Crippen LogP contribution in [0.1, 0.15) is 0 Å². The third-order valence-electron chi connectivity index (χ3n) is 12.7. The molecule has 0 atom stereocenters. The number of fused-ring (bicyclic) bond motifs is 7. The van der Waals surface area contributed by atoms with Crippen LogP contribution in [0.3, 0.4) is 0 Å². The summed E-state index contributed by atoms with van der Waals surface area (Å²) < 4.78 is 7.13. The van der Waals surface area contributed by atoms with Crippen LogP contribution in [-0.2, 0) is 0 Å². The highest BCUT2D eigenvalue weighted by Crippen LogP contribution is 2.48. The van der Waals surface area contributed by atoms with E-state index in [1.54, 1.807) is 0 Å². The normalized spacial score (nSPS) is 13.6. The molecule has 0 aromatic heterocycles. The highest BCUT2D eigenvalue weighted by atomic mass is 16.5. The second-order valence-corrected chi connectivity index (χ2v) is 15.6. The number of anilines is 6. The average molecular weight is 722 g/mol. The van der Waals surface area contributed by atoms with Crippen LogP contribution in [0.4, 0.5) is 34.1 Å². The highest BCUT2D eigenvalue weighted by molar-refractivity contribution is 7.03. The van der Waals surface area contributed by atoms with Gasteiger partial charge in [-0.15, -0.1) is 0 Å². The molecule has 10 aromatic rings. The minimum absolute atomic E-state index is 0.00185. The summed E-state index contributed by atoms with van der Waals surface area (Å²) in [5.41, 5.74) is 14.5. The fourth-order valence-electron chi connectivity index (χ4n) is 10.4. The van der Waals surface area contributed by atoms with Crippen LogP contribution in [0.5, 0.6) is 11.5 Å². The Kier molecular flexibility index (Phi) is 6.34. The predicted molar refractivity (Wildman–Crippen MR) is 242 cm³/mol. The molecule has 0 fully saturated rings. The third kappa shape index (κ3) is 4.23. The lowest BCUT2D eigenvalue weighted by atomic mass is 9.30. The topological polar surface area (TPSA) is 15.7 Å². The Labute approximate surface area is 331 Å². The standard InChI is InChI=1S/C52H32B2N2O/c1-3-16-36(17-4-1)53-39-20-7-11-24-44(39)56(42-31-29-35-27-26-33-14-13-15-34-28-30-38(42)49(35)48(33)34)45-32-47-51-52(50(45)53)55(37-18-5-2-6-19-37)43-23-10-8-21-40(43)54(51)41-22-9-12-25-46(41)57-47/h1-32H. The third-order valence-corrected chi connectivity index (χ3v) is 12.7. The number of nitrogens with zero attached hydrogens (tertiary/aromatic N) is 2. The number of hydrogen-bond donors (Lipinski definition) is 0. The van der Waals surface area contributed by atoms with E-state index >= 15 is 0 Å². The summed E-state index contributed by atoms with van der Waals surface area (Å²) in [5, 5.41) is 7.63. The molecule has 13 rings (SSSR count). The molecule has 0 aliphatic carbocycles. The maximum Gasteiger partial charge on any atom is 0.256 e. The second kappa shape index (κ2) is 11.6. The highest BCUT2D eigenvalue weighted by Gasteiger charge is 2.48. The zero-order chi connectivity index (χ0) is 37.2. The number of para-hydroxylation sites is 4. The van der Waals surface area contributed by atoms with Crippen molar-refractivity contribution in [2.75, 3.05) is 9.80 Å². The molecule has 10 aromatic carbocycles. The van der Waals surface area contributed by atoms with Crippen LogP contribution in [0.2, 0.25) is 0 Å². The van der Waals surface area contributed by atoms with E-state index < -0.39 is 0 Å². The van der Waals surface area contributed by atoms with Gasteiger partial charge < -0.3 is 14.5 Å². The first-order chi connectivity index (χ1) is 28.3. The lowest BCUT2D eigenvalue weighted by molar-refractivity contribution is 0.488. The van der Waals surface area contributed by atoms with Gasteiger partial charge in [-0.25, -0.2) is 0 Å². The second-order valence-electron chi connectivity index (χ2n) is 15.6. The van der Waals surface area contributed by atoms with Crippen LogP contribution < -0.4 is 47.3 Å². The minimum atomic E-state index is -0.0527. The van der Waals surface area contributed by atoms with Crippen molar-refractivity contribution in [2.45, 2.75) is 0 Å². The Morgan fingerprint density at radius 3 is 1.74 bits per heavy atom. The molecule has 0 radical (unpaired) electrons. The monoisotopic (exact) mass is 722 g/mol. The molecule has 3 aliphatic heterocycles. The Morgan fingerprint density at radius 2 is 0.965 bits per heavy atom. The van der Waals surface area contributed by atoms with Crippen molar-refractivity contribution in [3.05, 3.63) is 194 Å². The molecule has 0 bridgehead atoms. The molecule has 0 spiro atoms. The van der Waals surface area contributed by atoms with Crippen molar-refractivity contribution in [1.29, 1.82) is 0 Å². The van der Waals surface area contributed by atoms with Crippen molar-refractivity contribution in [3.8, 4) is 11.5 Å². The lowest BCUT2D eigenvalue weighted by Crippen LogP contribution is -2.65. The quantitative estimate of drug-likeness (QED) is 0.134.